The van der Waals surface area contributed by atoms with Gasteiger partial charge in [0, 0.05) is 0 Å². The minimum atomic E-state index is 0.612. The van der Waals surface area contributed by atoms with Gasteiger partial charge in [-0.2, -0.15) is 0 Å². The quantitative estimate of drug-likeness (QED) is 0.331. The minimum absolute atomic E-state index is 0.612. The molecule has 0 aromatic rings. The second kappa shape index (κ2) is 5.88. The van der Waals surface area contributed by atoms with Gasteiger partial charge in [0.15, 0.2) is 0 Å². The van der Waals surface area contributed by atoms with E-state index in [1.54, 1.807) is 0 Å². The van der Waals surface area contributed by atoms with Crippen LogP contribution in [-0.4, -0.2) is 28.2 Å². The Bertz CT molecular complexity index is 6.00. The summed E-state index contributed by atoms with van der Waals surface area (Å²) in [6.07, 6.45) is 0. The van der Waals surface area contributed by atoms with Gasteiger partial charge in [-0.3, -0.25) is 0 Å². The molecule has 4 heteroatoms. The van der Waals surface area contributed by atoms with Gasteiger partial charge in [0.25, 0.3) is 0 Å². The fourth-order valence-electron chi connectivity index (χ4n) is 0. The summed E-state index contributed by atoms with van der Waals surface area (Å²) < 4.78 is 0. The van der Waals surface area contributed by atoms with Crippen molar-refractivity contribution in [3.63, 3.8) is 0 Å². The third kappa shape index (κ3) is 4.88. The molecule has 0 aromatic heterocycles. The summed E-state index contributed by atoms with van der Waals surface area (Å²) in [6, 6.07) is 0. The Hall–Kier alpha value is 2.88. The normalized spacial score (nSPS) is 8.00. The molecule has 0 bridgehead atoms. The Balaban J connectivity index is 1.97. The van der Waals surface area contributed by atoms with Crippen LogP contribution in [0.3, 0.4) is 0 Å². The van der Waals surface area contributed by atoms with Crippen molar-refractivity contribution in [3.8, 4) is 0 Å². The Morgan fingerprint density at radius 3 is 1.25 bits per heavy atom. The van der Waals surface area contributed by atoms with Crippen LogP contribution in [0.1, 0.15) is 0 Å². The fourth-order valence-corrected chi connectivity index (χ4v) is 0. The first kappa shape index (κ1) is 6.88. The van der Waals surface area contributed by atoms with Crippen LogP contribution in [0.5, 0.6) is 0 Å². The molecule has 0 N–H and O–H groups in total. The van der Waals surface area contributed by atoms with Crippen molar-refractivity contribution < 1.29 is 30.8 Å². The molecule has 0 spiro atoms. The summed E-state index contributed by atoms with van der Waals surface area (Å²) in [4.78, 5) is 0. The van der Waals surface area contributed by atoms with Gasteiger partial charge in [0.05, 0.1) is 0 Å². The summed E-state index contributed by atoms with van der Waals surface area (Å²) in [7, 11) is 0. The molecule has 0 aromatic carbocycles. The van der Waals surface area contributed by atoms with Gasteiger partial charge in [-0.15, -0.1) is 0 Å². The van der Waals surface area contributed by atoms with E-state index < -0.39 is 0 Å². The standard InChI is InChI=1S/2Ir.Te2/c;;1-2/q2*+1;-2. The number of hydrogen-bond acceptors (Lipinski definition) is 0. The SMILES string of the molecule is [Ir][Te][Te][Ir]. The van der Waals surface area contributed by atoms with E-state index in [0.717, 1.165) is 0 Å². The first-order chi connectivity index (χ1) is 1.91. The number of hydrogen-bond donors (Lipinski definition) is 0. The summed E-state index contributed by atoms with van der Waals surface area (Å²) in [5, 5.41) is 0. The van der Waals surface area contributed by atoms with E-state index in [2.05, 4.69) is 30.8 Å². The van der Waals surface area contributed by atoms with Crippen LogP contribution in [0.4, 0.5) is 0 Å². The molecule has 0 radical (unpaired) electrons. The summed E-state index contributed by atoms with van der Waals surface area (Å²) >= 11 is 5.96. The molecule has 0 saturated heterocycles. The van der Waals surface area contributed by atoms with Gasteiger partial charge >= 0.3 is 58.9 Å². The van der Waals surface area contributed by atoms with Crippen LogP contribution in [0.15, 0.2) is 0 Å². The number of rotatable bonds is 1. The van der Waals surface area contributed by atoms with Crippen LogP contribution in [0.2, 0.25) is 0 Å². The van der Waals surface area contributed by atoms with Crippen LogP contribution < -0.4 is 0 Å². The second-order valence-corrected chi connectivity index (χ2v) is 40.9. The second-order valence-electron chi connectivity index (χ2n) is 0.111. The Morgan fingerprint density at radius 2 is 1.25 bits per heavy atom. The molecular formula is Ir2Te2. The molecule has 0 saturated carbocycles. The third-order valence-electron chi connectivity index (χ3n) is 0.0185. The molecule has 0 aliphatic carbocycles. The molecule has 0 unspecified atom stereocenters. The van der Waals surface area contributed by atoms with E-state index in [4.69, 9.17) is 0 Å². The molecule has 4 heavy (non-hydrogen) atoms. The Labute approximate surface area is 57.4 Å². The molecule has 0 amide bonds. The van der Waals surface area contributed by atoms with Crippen LogP contribution >= 0.6 is 0 Å². The molecule has 0 rings (SSSR count). The zero-order chi connectivity index (χ0) is 3.41. The fraction of sp³-hybridized carbons (Fsp3) is 0. The zero-order valence-electron chi connectivity index (χ0n) is 1.48. The van der Waals surface area contributed by atoms with Crippen molar-refractivity contribution in [1.82, 2.24) is 0 Å². The van der Waals surface area contributed by atoms with E-state index in [1.807, 2.05) is 0 Å². The van der Waals surface area contributed by atoms with Crippen molar-refractivity contribution in [2.24, 2.45) is 0 Å². The molecular weight excluding hydrogens is 640 g/mol. The first-order valence-electron chi connectivity index (χ1n) is 0.439. The van der Waals surface area contributed by atoms with Gasteiger partial charge in [-0.05, 0) is 0 Å². The van der Waals surface area contributed by atoms with Crippen molar-refractivity contribution in [2.45, 2.75) is 0 Å². The van der Waals surface area contributed by atoms with Gasteiger partial charge < -0.3 is 0 Å². The predicted octanol–water partition coefficient (Wildman–Crippen LogP) is -0.767. The van der Waals surface area contributed by atoms with Crippen LogP contribution in [0, 0.1) is 0 Å². The molecule has 0 fully saturated rings. The molecule has 0 nitrogen and oxygen atoms in total. The maximum absolute atomic E-state index is 2.37. The van der Waals surface area contributed by atoms with Crippen LogP contribution in [-0.2, 0) is 30.8 Å². The van der Waals surface area contributed by atoms with Gasteiger partial charge in [0.1, 0.15) is 0 Å². The Kier molecular flexibility index (Phi) is 10.1. The van der Waals surface area contributed by atoms with Crippen molar-refractivity contribution >= 4 is 28.2 Å². The molecule has 0 heterocycles. The molecule has 0 aliphatic rings. The molecule has 0 aliphatic heterocycles. The van der Waals surface area contributed by atoms with Gasteiger partial charge in [-0.1, -0.05) is 0 Å². The zero-order valence-corrected chi connectivity index (χ0v) is 10.9. The third-order valence-corrected chi connectivity index (χ3v) is 55.8. The van der Waals surface area contributed by atoms with E-state index in [0.29, 0.717) is 28.2 Å². The van der Waals surface area contributed by atoms with E-state index in [-0.39, 0.29) is 0 Å². The molecule has 0 atom stereocenters. The predicted molar refractivity (Wildman–Crippen MR) is 11.5 cm³/mol. The van der Waals surface area contributed by atoms with Crippen molar-refractivity contribution in [2.75, 3.05) is 0 Å². The average Bonchev–Trinajstić information content (AvgIpc) is 1.37. The summed E-state index contributed by atoms with van der Waals surface area (Å²) in [5.74, 6) is 0. The van der Waals surface area contributed by atoms with Crippen molar-refractivity contribution in [1.29, 1.82) is 0 Å². The Morgan fingerprint density at radius 1 is 1.00 bits per heavy atom. The summed E-state index contributed by atoms with van der Waals surface area (Å²) in [6.45, 7) is 0. The van der Waals surface area contributed by atoms with Gasteiger partial charge in [0.2, 0.25) is 0 Å². The topological polar surface area (TPSA) is 0 Å². The average molecular weight is 640 g/mol. The first-order valence-corrected chi connectivity index (χ1v) is 22.4. The van der Waals surface area contributed by atoms with Crippen molar-refractivity contribution in [3.05, 3.63) is 0 Å². The van der Waals surface area contributed by atoms with Crippen LogP contribution in [0.25, 0.3) is 0 Å². The summed E-state index contributed by atoms with van der Waals surface area (Å²) in [5.41, 5.74) is 0. The van der Waals surface area contributed by atoms with E-state index in [9.17, 15) is 0 Å². The molecule has 30 valence electrons. The van der Waals surface area contributed by atoms with Gasteiger partial charge in [-0.25, -0.2) is 0 Å². The van der Waals surface area contributed by atoms with E-state index in [1.165, 1.54) is 0 Å². The maximum atomic E-state index is 2.37. The monoisotopic (exact) mass is 646 g/mol. The van der Waals surface area contributed by atoms with E-state index >= 15 is 0 Å².